The number of ketones is 1. The third kappa shape index (κ3) is 2.63. The van der Waals surface area contributed by atoms with Gasteiger partial charge in [0, 0.05) is 12.5 Å². The number of Topliss-reactive ketones (excluding diaryl/α,β-unsaturated/α-hetero) is 1. The molecule has 0 aliphatic rings. The Labute approximate surface area is 121 Å². The molecule has 5 heteroatoms. The fourth-order valence-electron chi connectivity index (χ4n) is 1.96. The van der Waals surface area contributed by atoms with Crippen LogP contribution in [0.1, 0.15) is 38.2 Å². The van der Waals surface area contributed by atoms with Crippen LogP contribution in [0, 0.1) is 13.8 Å². The van der Waals surface area contributed by atoms with Crippen molar-refractivity contribution in [3.63, 3.8) is 0 Å². The van der Waals surface area contributed by atoms with E-state index in [9.17, 15) is 9.59 Å². The summed E-state index contributed by atoms with van der Waals surface area (Å²) in [4.78, 5) is 28.0. The summed E-state index contributed by atoms with van der Waals surface area (Å²) in [5.74, 6) is -0.763. The monoisotopic (exact) mass is 289 g/mol. The van der Waals surface area contributed by atoms with E-state index in [1.54, 1.807) is 0 Å². The topological polar surface area (TPSA) is 56.3 Å². The van der Waals surface area contributed by atoms with Gasteiger partial charge in [0.05, 0.1) is 7.11 Å². The van der Waals surface area contributed by atoms with Gasteiger partial charge in [-0.25, -0.2) is 9.78 Å². The summed E-state index contributed by atoms with van der Waals surface area (Å²) in [5, 5.41) is 0.660. The fraction of sp³-hybridized carbons (Fsp3) is 0.267. The number of hydrogen-bond donors (Lipinski definition) is 0. The number of benzene rings is 1. The Morgan fingerprint density at radius 2 is 1.95 bits per heavy atom. The lowest BCUT2D eigenvalue weighted by Crippen LogP contribution is -2.06. The summed E-state index contributed by atoms with van der Waals surface area (Å²) in [7, 11) is 1.28. The van der Waals surface area contributed by atoms with Gasteiger partial charge in [-0.3, -0.25) is 4.79 Å². The van der Waals surface area contributed by atoms with E-state index in [0.717, 1.165) is 16.7 Å². The van der Waals surface area contributed by atoms with E-state index in [2.05, 4.69) is 9.72 Å². The average molecular weight is 289 g/mol. The molecular weight excluding hydrogens is 274 g/mol. The van der Waals surface area contributed by atoms with Gasteiger partial charge in [-0.05, 0) is 19.4 Å². The summed E-state index contributed by atoms with van der Waals surface area (Å²) in [6.07, 6.45) is 0. The molecule has 0 unspecified atom stereocenters. The van der Waals surface area contributed by atoms with Crippen molar-refractivity contribution in [3.8, 4) is 10.6 Å². The van der Waals surface area contributed by atoms with E-state index in [1.807, 2.05) is 32.0 Å². The highest BCUT2D eigenvalue weighted by atomic mass is 32.1. The largest absolute Gasteiger partial charge is 0.464 e. The quantitative estimate of drug-likeness (QED) is 0.641. The van der Waals surface area contributed by atoms with Crippen LogP contribution in [-0.2, 0) is 4.74 Å². The molecule has 0 atom stereocenters. The van der Waals surface area contributed by atoms with Crippen LogP contribution < -0.4 is 0 Å². The standard InChI is InChI=1S/C15H15NO3S/c1-8-5-6-11(9(2)7-8)14-16-12(15(18)19-4)13(20-14)10(3)17/h5-7H,1-4H3. The second-order valence-electron chi connectivity index (χ2n) is 4.56. The Bertz CT molecular complexity index is 688. The molecule has 0 bridgehead atoms. The van der Waals surface area contributed by atoms with Gasteiger partial charge in [-0.15, -0.1) is 11.3 Å². The van der Waals surface area contributed by atoms with Gasteiger partial charge in [0.2, 0.25) is 0 Å². The molecule has 104 valence electrons. The maximum atomic E-state index is 11.7. The van der Waals surface area contributed by atoms with Crippen LogP contribution in [0.3, 0.4) is 0 Å². The predicted molar refractivity (Wildman–Crippen MR) is 78.4 cm³/mol. The molecular formula is C15H15NO3S. The molecule has 0 aliphatic carbocycles. The van der Waals surface area contributed by atoms with Crippen molar-refractivity contribution in [1.82, 2.24) is 4.98 Å². The second-order valence-corrected chi connectivity index (χ2v) is 5.56. The van der Waals surface area contributed by atoms with E-state index in [4.69, 9.17) is 0 Å². The Morgan fingerprint density at radius 1 is 1.25 bits per heavy atom. The van der Waals surface area contributed by atoms with Crippen molar-refractivity contribution in [2.75, 3.05) is 7.11 Å². The number of carbonyl (C=O) groups excluding carboxylic acids is 2. The van der Waals surface area contributed by atoms with E-state index in [-0.39, 0.29) is 11.5 Å². The van der Waals surface area contributed by atoms with Crippen LogP contribution in [0.2, 0.25) is 0 Å². The third-order valence-corrected chi connectivity index (χ3v) is 4.13. The molecule has 2 rings (SSSR count). The number of methoxy groups -OCH3 is 1. The number of rotatable bonds is 3. The first kappa shape index (κ1) is 14.4. The lowest BCUT2D eigenvalue weighted by Gasteiger charge is -2.02. The Morgan fingerprint density at radius 3 is 2.50 bits per heavy atom. The second kappa shape index (κ2) is 5.54. The smallest absolute Gasteiger partial charge is 0.358 e. The van der Waals surface area contributed by atoms with Crippen LogP contribution >= 0.6 is 11.3 Å². The number of nitrogens with zero attached hydrogens (tertiary/aromatic N) is 1. The lowest BCUT2D eigenvalue weighted by molar-refractivity contribution is 0.0591. The van der Waals surface area contributed by atoms with Gasteiger partial charge < -0.3 is 4.74 Å². The SMILES string of the molecule is COC(=O)c1nc(-c2ccc(C)cc2C)sc1C(C)=O. The maximum Gasteiger partial charge on any atom is 0.358 e. The van der Waals surface area contributed by atoms with Crippen LogP contribution in [0.25, 0.3) is 10.6 Å². The molecule has 0 N–H and O–H groups in total. The normalized spacial score (nSPS) is 10.4. The summed E-state index contributed by atoms with van der Waals surface area (Å²) in [6, 6.07) is 5.98. The first-order valence-electron chi connectivity index (χ1n) is 6.11. The van der Waals surface area contributed by atoms with Gasteiger partial charge in [0.15, 0.2) is 11.5 Å². The minimum Gasteiger partial charge on any atom is -0.464 e. The van der Waals surface area contributed by atoms with Crippen molar-refractivity contribution in [1.29, 1.82) is 0 Å². The fourth-order valence-corrected chi connectivity index (χ4v) is 3.00. The number of aryl methyl sites for hydroxylation is 2. The highest BCUT2D eigenvalue weighted by Gasteiger charge is 2.22. The molecule has 0 saturated carbocycles. The number of carbonyl (C=O) groups is 2. The number of aromatic nitrogens is 1. The third-order valence-electron chi connectivity index (χ3n) is 2.94. The zero-order valence-electron chi connectivity index (χ0n) is 11.8. The van der Waals surface area contributed by atoms with Gasteiger partial charge in [0.25, 0.3) is 0 Å². The summed E-state index contributed by atoms with van der Waals surface area (Å²) in [5.41, 5.74) is 3.24. The predicted octanol–water partition coefficient (Wildman–Crippen LogP) is 3.42. The molecule has 0 aliphatic heterocycles. The lowest BCUT2D eigenvalue weighted by atomic mass is 10.1. The van der Waals surface area contributed by atoms with Crippen molar-refractivity contribution in [2.45, 2.75) is 20.8 Å². The first-order chi connectivity index (χ1) is 9.43. The highest BCUT2D eigenvalue weighted by molar-refractivity contribution is 7.17. The minimum atomic E-state index is -0.581. The molecule has 0 fully saturated rings. The first-order valence-corrected chi connectivity index (χ1v) is 6.93. The summed E-state index contributed by atoms with van der Waals surface area (Å²) in [6.45, 7) is 5.42. The molecule has 1 aromatic carbocycles. The van der Waals surface area contributed by atoms with Gasteiger partial charge in [-0.1, -0.05) is 23.8 Å². The molecule has 20 heavy (non-hydrogen) atoms. The zero-order chi connectivity index (χ0) is 14.9. The van der Waals surface area contributed by atoms with E-state index in [0.29, 0.717) is 9.88 Å². The Hall–Kier alpha value is -2.01. The number of thiazole rings is 1. The van der Waals surface area contributed by atoms with Crippen molar-refractivity contribution >= 4 is 23.1 Å². The number of esters is 1. The Kier molecular flexibility index (Phi) is 3.99. The van der Waals surface area contributed by atoms with Crippen LogP contribution in [-0.4, -0.2) is 23.8 Å². The number of ether oxygens (including phenoxy) is 1. The molecule has 1 heterocycles. The van der Waals surface area contributed by atoms with Crippen molar-refractivity contribution in [3.05, 3.63) is 39.9 Å². The summed E-state index contributed by atoms with van der Waals surface area (Å²) < 4.78 is 4.68. The van der Waals surface area contributed by atoms with Gasteiger partial charge >= 0.3 is 5.97 Å². The van der Waals surface area contributed by atoms with E-state index >= 15 is 0 Å². The van der Waals surface area contributed by atoms with E-state index in [1.165, 1.54) is 25.4 Å². The van der Waals surface area contributed by atoms with E-state index < -0.39 is 5.97 Å². The minimum absolute atomic E-state index is 0.0972. The van der Waals surface area contributed by atoms with Crippen molar-refractivity contribution in [2.24, 2.45) is 0 Å². The molecule has 0 radical (unpaired) electrons. The molecule has 0 spiro atoms. The maximum absolute atomic E-state index is 11.7. The highest BCUT2D eigenvalue weighted by Crippen LogP contribution is 2.31. The van der Waals surface area contributed by atoms with Gasteiger partial charge in [-0.2, -0.15) is 0 Å². The Balaban J connectivity index is 2.58. The van der Waals surface area contributed by atoms with Gasteiger partial charge in [0.1, 0.15) is 9.88 Å². The summed E-state index contributed by atoms with van der Waals surface area (Å²) >= 11 is 1.22. The molecule has 4 nitrogen and oxygen atoms in total. The number of hydrogen-bond acceptors (Lipinski definition) is 5. The molecule has 0 saturated heterocycles. The van der Waals surface area contributed by atoms with Crippen LogP contribution in [0.5, 0.6) is 0 Å². The average Bonchev–Trinajstić information content (AvgIpc) is 2.82. The van der Waals surface area contributed by atoms with Crippen molar-refractivity contribution < 1.29 is 14.3 Å². The molecule has 1 aromatic heterocycles. The van der Waals surface area contributed by atoms with Crippen LogP contribution in [0.15, 0.2) is 18.2 Å². The molecule has 0 amide bonds. The zero-order valence-corrected chi connectivity index (χ0v) is 12.6. The molecule has 2 aromatic rings. The van der Waals surface area contributed by atoms with Crippen LogP contribution in [0.4, 0.5) is 0 Å².